The number of nitrogens with one attached hydrogen (secondary N) is 1. The molecular weight excluding hydrogens is 240 g/mol. The Kier molecular flexibility index (Phi) is 2.73. The third-order valence-electron chi connectivity index (χ3n) is 4.77. The second-order valence-corrected chi connectivity index (χ2v) is 7.39. The molecule has 0 spiro atoms. The zero-order valence-corrected chi connectivity index (χ0v) is 11.8. The Bertz CT molecular complexity index is 418. The van der Waals surface area contributed by atoms with Gasteiger partial charge < -0.3 is 5.32 Å². The minimum atomic E-state index is 0.267. The highest BCUT2D eigenvalue weighted by Gasteiger charge is 2.42. The third kappa shape index (κ3) is 1.92. The molecule has 0 amide bonds. The van der Waals surface area contributed by atoms with Gasteiger partial charge >= 0.3 is 0 Å². The van der Waals surface area contributed by atoms with E-state index < -0.39 is 0 Å². The van der Waals surface area contributed by atoms with E-state index in [9.17, 15) is 0 Å². The molecule has 1 aromatic heterocycles. The molecule has 4 rings (SSSR count). The molecule has 0 bridgehead atoms. The summed E-state index contributed by atoms with van der Waals surface area (Å²) in [7, 11) is 0. The van der Waals surface area contributed by atoms with Crippen molar-refractivity contribution in [3.8, 4) is 0 Å². The van der Waals surface area contributed by atoms with E-state index in [4.69, 9.17) is 4.98 Å². The normalized spacial score (nSPS) is 26.2. The van der Waals surface area contributed by atoms with Crippen LogP contribution in [0.5, 0.6) is 0 Å². The monoisotopic (exact) mass is 262 g/mol. The van der Waals surface area contributed by atoms with E-state index in [0.29, 0.717) is 0 Å². The van der Waals surface area contributed by atoms with Crippen LogP contribution >= 0.6 is 11.3 Å². The van der Waals surface area contributed by atoms with Crippen molar-refractivity contribution in [2.75, 3.05) is 0 Å². The first-order valence-corrected chi connectivity index (χ1v) is 8.44. The molecule has 3 heteroatoms. The van der Waals surface area contributed by atoms with Crippen LogP contribution in [0.15, 0.2) is 0 Å². The summed E-state index contributed by atoms with van der Waals surface area (Å²) in [5.41, 5.74) is 1.70. The van der Waals surface area contributed by atoms with Gasteiger partial charge in [-0.2, -0.15) is 0 Å². The molecule has 0 radical (unpaired) electrons. The van der Waals surface area contributed by atoms with Crippen molar-refractivity contribution in [3.05, 3.63) is 15.6 Å². The highest BCUT2D eigenvalue weighted by Crippen LogP contribution is 2.44. The number of thiazole rings is 1. The van der Waals surface area contributed by atoms with Crippen molar-refractivity contribution < 1.29 is 0 Å². The summed E-state index contributed by atoms with van der Waals surface area (Å²) >= 11 is 2.03. The lowest BCUT2D eigenvalue weighted by Crippen LogP contribution is -2.41. The molecule has 0 aromatic carbocycles. The van der Waals surface area contributed by atoms with Gasteiger partial charge in [0.2, 0.25) is 0 Å². The van der Waals surface area contributed by atoms with Gasteiger partial charge in [-0.05, 0) is 51.4 Å². The predicted molar refractivity (Wildman–Crippen MR) is 75.1 cm³/mol. The zero-order chi connectivity index (χ0) is 12.0. The van der Waals surface area contributed by atoms with Gasteiger partial charge in [0.1, 0.15) is 5.01 Å². The van der Waals surface area contributed by atoms with Crippen molar-refractivity contribution in [3.63, 3.8) is 0 Å². The lowest BCUT2D eigenvalue weighted by atomic mass is 9.98. The van der Waals surface area contributed by atoms with Gasteiger partial charge in [-0.25, -0.2) is 4.98 Å². The van der Waals surface area contributed by atoms with Crippen molar-refractivity contribution in [1.82, 2.24) is 10.3 Å². The van der Waals surface area contributed by atoms with Crippen LogP contribution in [-0.2, 0) is 18.4 Å². The van der Waals surface area contributed by atoms with Crippen molar-refractivity contribution in [2.24, 2.45) is 0 Å². The van der Waals surface area contributed by atoms with Crippen LogP contribution in [0.25, 0.3) is 0 Å². The number of hydrogen-bond acceptors (Lipinski definition) is 3. The van der Waals surface area contributed by atoms with Crippen molar-refractivity contribution in [1.29, 1.82) is 0 Å². The minimum Gasteiger partial charge on any atom is -0.303 e. The molecule has 1 heterocycles. The highest BCUT2D eigenvalue weighted by atomic mass is 32.1. The van der Waals surface area contributed by atoms with Crippen molar-refractivity contribution in [2.45, 2.75) is 75.8 Å². The highest BCUT2D eigenvalue weighted by molar-refractivity contribution is 7.11. The fourth-order valence-electron chi connectivity index (χ4n) is 3.57. The maximum absolute atomic E-state index is 5.04. The standard InChI is InChI=1S/C15H22N2S/c1-2-6-13-12(5-1)16-14(18-13)15(9-3-4-10-15)17-11-7-8-11/h11,17H,1-10H2. The van der Waals surface area contributed by atoms with Gasteiger partial charge in [0.25, 0.3) is 0 Å². The molecule has 2 saturated carbocycles. The van der Waals surface area contributed by atoms with Gasteiger partial charge in [-0.1, -0.05) is 12.8 Å². The van der Waals surface area contributed by atoms with E-state index in [0.717, 1.165) is 6.04 Å². The molecule has 18 heavy (non-hydrogen) atoms. The van der Waals surface area contributed by atoms with Crippen LogP contribution in [0.3, 0.4) is 0 Å². The Morgan fingerprint density at radius 3 is 2.56 bits per heavy atom. The zero-order valence-electron chi connectivity index (χ0n) is 11.0. The Morgan fingerprint density at radius 1 is 1.06 bits per heavy atom. The van der Waals surface area contributed by atoms with E-state index >= 15 is 0 Å². The number of rotatable bonds is 3. The molecule has 3 aliphatic rings. The quantitative estimate of drug-likeness (QED) is 0.901. The first-order chi connectivity index (χ1) is 8.86. The largest absolute Gasteiger partial charge is 0.303 e. The molecule has 1 N–H and O–H groups in total. The fourth-order valence-corrected chi connectivity index (χ4v) is 4.93. The van der Waals surface area contributed by atoms with Gasteiger partial charge in [-0.3, -0.25) is 0 Å². The molecule has 0 saturated heterocycles. The lowest BCUT2D eigenvalue weighted by Gasteiger charge is -2.28. The summed E-state index contributed by atoms with van der Waals surface area (Å²) in [6.45, 7) is 0. The Labute approximate surface area is 113 Å². The topological polar surface area (TPSA) is 24.9 Å². The molecule has 3 aliphatic carbocycles. The van der Waals surface area contributed by atoms with E-state index in [-0.39, 0.29) is 5.54 Å². The number of aromatic nitrogens is 1. The van der Waals surface area contributed by atoms with Crippen molar-refractivity contribution >= 4 is 11.3 Å². The number of hydrogen-bond donors (Lipinski definition) is 1. The van der Waals surface area contributed by atoms with Crippen LogP contribution in [-0.4, -0.2) is 11.0 Å². The molecule has 0 unspecified atom stereocenters. The van der Waals surface area contributed by atoms with E-state index in [1.54, 1.807) is 4.88 Å². The van der Waals surface area contributed by atoms with Crippen LogP contribution in [0.4, 0.5) is 0 Å². The Morgan fingerprint density at radius 2 is 1.83 bits per heavy atom. The lowest BCUT2D eigenvalue weighted by molar-refractivity contribution is 0.335. The third-order valence-corrected chi connectivity index (χ3v) is 6.13. The average Bonchev–Trinajstić information content (AvgIpc) is 2.93. The summed E-state index contributed by atoms with van der Waals surface area (Å²) in [6, 6.07) is 0.795. The average molecular weight is 262 g/mol. The summed E-state index contributed by atoms with van der Waals surface area (Å²) in [5.74, 6) is 0. The van der Waals surface area contributed by atoms with Crippen LogP contribution in [0.2, 0.25) is 0 Å². The first-order valence-electron chi connectivity index (χ1n) is 7.62. The second-order valence-electron chi connectivity index (χ2n) is 6.30. The number of fused-ring (bicyclic) bond motifs is 1. The fraction of sp³-hybridized carbons (Fsp3) is 0.800. The summed E-state index contributed by atoms with van der Waals surface area (Å²) in [5, 5.41) is 5.37. The SMILES string of the molecule is C1CCc2sc(C3(NC4CC4)CCCC3)nc2C1. The molecule has 0 atom stereocenters. The Hall–Kier alpha value is -0.410. The van der Waals surface area contributed by atoms with Crippen LogP contribution in [0.1, 0.15) is 66.9 Å². The molecular formula is C15H22N2S. The molecule has 1 aromatic rings. The molecule has 2 fully saturated rings. The van der Waals surface area contributed by atoms with Gasteiger partial charge in [0.15, 0.2) is 0 Å². The maximum Gasteiger partial charge on any atom is 0.113 e. The van der Waals surface area contributed by atoms with Gasteiger partial charge in [-0.15, -0.1) is 11.3 Å². The Balaban J connectivity index is 1.67. The second kappa shape index (κ2) is 4.31. The molecule has 0 aliphatic heterocycles. The van der Waals surface area contributed by atoms with Gasteiger partial charge in [0.05, 0.1) is 11.2 Å². The summed E-state index contributed by atoms with van der Waals surface area (Å²) < 4.78 is 0. The summed E-state index contributed by atoms with van der Waals surface area (Å²) in [6.07, 6.45) is 13.4. The molecule has 2 nitrogen and oxygen atoms in total. The van der Waals surface area contributed by atoms with Crippen LogP contribution < -0.4 is 5.32 Å². The van der Waals surface area contributed by atoms with E-state index in [2.05, 4.69) is 5.32 Å². The predicted octanol–water partition coefficient (Wildman–Crippen LogP) is 3.54. The van der Waals surface area contributed by atoms with Gasteiger partial charge in [0, 0.05) is 10.9 Å². The smallest absolute Gasteiger partial charge is 0.113 e. The summed E-state index contributed by atoms with van der Waals surface area (Å²) in [4.78, 5) is 6.64. The molecule has 98 valence electrons. The first kappa shape index (κ1) is 11.4. The van der Waals surface area contributed by atoms with E-state index in [1.807, 2.05) is 11.3 Å². The number of aryl methyl sites for hydroxylation is 2. The minimum absolute atomic E-state index is 0.267. The number of nitrogens with zero attached hydrogens (tertiary/aromatic N) is 1. The van der Waals surface area contributed by atoms with E-state index in [1.165, 1.54) is 74.9 Å². The maximum atomic E-state index is 5.04. The van der Waals surface area contributed by atoms with Crippen LogP contribution in [0, 0.1) is 0 Å².